The molecule has 3 aromatic heterocycles. The van der Waals surface area contributed by atoms with E-state index in [0.717, 1.165) is 42.9 Å². The molecule has 1 N–H and O–H groups in total. The zero-order valence-corrected chi connectivity index (χ0v) is 12.3. The zero-order valence-electron chi connectivity index (χ0n) is 12.3. The molecule has 0 spiro atoms. The van der Waals surface area contributed by atoms with Gasteiger partial charge in [-0.2, -0.15) is 10.2 Å². The van der Waals surface area contributed by atoms with E-state index in [2.05, 4.69) is 15.5 Å². The van der Waals surface area contributed by atoms with E-state index in [1.807, 2.05) is 13.2 Å². The molecule has 0 saturated carbocycles. The average molecular weight is 300 g/mol. The summed E-state index contributed by atoms with van der Waals surface area (Å²) in [6.07, 6.45) is 8.61. The second kappa shape index (κ2) is 5.17. The third-order valence-corrected chi connectivity index (χ3v) is 4.21. The number of aryl methyl sites for hydroxylation is 1. The third-order valence-electron chi connectivity index (χ3n) is 4.21. The van der Waals surface area contributed by atoms with Gasteiger partial charge < -0.3 is 5.32 Å². The Morgan fingerprint density at radius 1 is 1.18 bits per heavy atom. The molecule has 114 valence electrons. The van der Waals surface area contributed by atoms with Crippen molar-refractivity contribution in [2.24, 2.45) is 7.05 Å². The highest BCUT2D eigenvalue weighted by atomic mass is 19.1. The second-order valence-corrected chi connectivity index (χ2v) is 5.72. The van der Waals surface area contributed by atoms with E-state index in [1.165, 1.54) is 6.20 Å². The molecule has 4 heterocycles. The third kappa shape index (κ3) is 2.18. The van der Waals surface area contributed by atoms with Crippen molar-refractivity contribution in [3.05, 3.63) is 36.3 Å². The summed E-state index contributed by atoms with van der Waals surface area (Å²) in [5.74, 6) is -0.0506. The lowest BCUT2D eigenvalue weighted by molar-refractivity contribution is 0.453. The van der Waals surface area contributed by atoms with Gasteiger partial charge in [-0.3, -0.25) is 4.68 Å². The molecule has 0 aromatic carbocycles. The van der Waals surface area contributed by atoms with Gasteiger partial charge in [0, 0.05) is 24.7 Å². The minimum absolute atomic E-state index is 0.256. The van der Waals surface area contributed by atoms with Gasteiger partial charge in [0.1, 0.15) is 5.52 Å². The van der Waals surface area contributed by atoms with Crippen molar-refractivity contribution in [1.29, 1.82) is 0 Å². The molecule has 0 bridgehead atoms. The molecule has 1 fully saturated rings. The molecule has 0 radical (unpaired) electrons. The first-order valence-electron chi connectivity index (χ1n) is 7.46. The summed E-state index contributed by atoms with van der Waals surface area (Å²) < 4.78 is 17.5. The Morgan fingerprint density at radius 2 is 2.00 bits per heavy atom. The first-order valence-corrected chi connectivity index (χ1v) is 7.46. The van der Waals surface area contributed by atoms with E-state index in [0.29, 0.717) is 5.52 Å². The molecule has 0 aliphatic carbocycles. The molecular weight excluding hydrogens is 283 g/mol. The average Bonchev–Trinajstić information content (AvgIpc) is 3.14. The maximum absolute atomic E-state index is 14.1. The Bertz CT molecular complexity index is 815. The van der Waals surface area contributed by atoms with Crippen LogP contribution in [0.2, 0.25) is 0 Å². The van der Waals surface area contributed by atoms with Crippen LogP contribution in [0, 0.1) is 5.82 Å². The topological polar surface area (TPSA) is 60.0 Å². The lowest BCUT2D eigenvalue weighted by Gasteiger charge is -2.23. The van der Waals surface area contributed by atoms with Crippen molar-refractivity contribution in [2.75, 3.05) is 13.1 Å². The van der Waals surface area contributed by atoms with Gasteiger partial charge in [-0.15, -0.1) is 0 Å². The highest BCUT2D eigenvalue weighted by Crippen LogP contribution is 2.30. The predicted octanol–water partition coefficient (Wildman–Crippen LogP) is 1.74. The van der Waals surface area contributed by atoms with Crippen molar-refractivity contribution in [2.45, 2.75) is 18.8 Å². The molecule has 0 unspecified atom stereocenters. The summed E-state index contributed by atoms with van der Waals surface area (Å²) in [6.45, 7) is 1.87. The number of nitrogens with one attached hydrogen (secondary N) is 1. The highest BCUT2D eigenvalue weighted by Gasteiger charge is 2.23. The maximum atomic E-state index is 14.1. The number of rotatable bonds is 2. The van der Waals surface area contributed by atoms with Crippen LogP contribution in [0.4, 0.5) is 4.39 Å². The van der Waals surface area contributed by atoms with E-state index in [9.17, 15) is 4.39 Å². The molecule has 6 nitrogen and oxygen atoms in total. The smallest absolute Gasteiger partial charge is 0.170 e. The number of hydrogen-bond acceptors (Lipinski definition) is 4. The summed E-state index contributed by atoms with van der Waals surface area (Å²) in [7, 11) is 1.86. The molecule has 3 aromatic rings. The highest BCUT2D eigenvalue weighted by molar-refractivity contribution is 5.62. The number of nitrogens with zero attached hydrogens (tertiary/aromatic N) is 5. The lowest BCUT2D eigenvalue weighted by Crippen LogP contribution is -2.27. The van der Waals surface area contributed by atoms with Crippen LogP contribution < -0.4 is 5.32 Å². The molecule has 7 heteroatoms. The molecule has 1 aliphatic rings. The van der Waals surface area contributed by atoms with Crippen molar-refractivity contribution in [3.8, 4) is 11.3 Å². The van der Waals surface area contributed by atoms with E-state index in [-0.39, 0.29) is 11.7 Å². The summed E-state index contributed by atoms with van der Waals surface area (Å²) in [4.78, 5) is 4.76. The fourth-order valence-corrected chi connectivity index (χ4v) is 3.08. The standard InChI is InChI=1S/C15H17FN6/c1-21-8-11(6-18-21)13-9-22-15(12(16)7-19-22)14(20-13)10-2-4-17-5-3-10/h6-10,17H,2-5H2,1H3. The van der Waals surface area contributed by atoms with Gasteiger partial charge in [-0.1, -0.05) is 0 Å². The summed E-state index contributed by atoms with van der Waals surface area (Å²) >= 11 is 0. The van der Waals surface area contributed by atoms with Crippen molar-refractivity contribution in [3.63, 3.8) is 0 Å². The lowest BCUT2D eigenvalue weighted by atomic mass is 9.93. The molecule has 4 rings (SSSR count). The predicted molar refractivity (Wildman–Crippen MR) is 80.0 cm³/mol. The van der Waals surface area contributed by atoms with Crippen LogP contribution in [0.15, 0.2) is 24.8 Å². The van der Waals surface area contributed by atoms with E-state index in [4.69, 9.17) is 4.98 Å². The van der Waals surface area contributed by atoms with E-state index >= 15 is 0 Å². The number of fused-ring (bicyclic) bond motifs is 1. The van der Waals surface area contributed by atoms with Crippen molar-refractivity contribution in [1.82, 2.24) is 29.7 Å². The number of piperidine rings is 1. The summed E-state index contributed by atoms with van der Waals surface area (Å²) in [5, 5.41) is 11.6. The second-order valence-electron chi connectivity index (χ2n) is 5.72. The maximum Gasteiger partial charge on any atom is 0.170 e. The molecule has 1 saturated heterocycles. The van der Waals surface area contributed by atoms with Crippen LogP contribution >= 0.6 is 0 Å². The van der Waals surface area contributed by atoms with E-state index < -0.39 is 0 Å². The van der Waals surface area contributed by atoms with Gasteiger partial charge in [-0.25, -0.2) is 13.9 Å². The van der Waals surface area contributed by atoms with Crippen molar-refractivity contribution >= 4 is 5.52 Å². The monoisotopic (exact) mass is 300 g/mol. The molecule has 0 atom stereocenters. The fourth-order valence-electron chi connectivity index (χ4n) is 3.08. The summed E-state index contributed by atoms with van der Waals surface area (Å²) in [5.41, 5.74) is 2.99. The number of halogens is 1. The Kier molecular flexibility index (Phi) is 3.15. The number of aromatic nitrogens is 5. The Hall–Kier alpha value is -2.28. The normalized spacial score (nSPS) is 16.5. The van der Waals surface area contributed by atoms with Gasteiger partial charge in [0.05, 0.1) is 30.0 Å². The van der Waals surface area contributed by atoms with Gasteiger partial charge in [0.2, 0.25) is 0 Å². The van der Waals surface area contributed by atoms with Crippen LogP contribution in [0.1, 0.15) is 24.5 Å². The first-order chi connectivity index (χ1) is 10.7. The van der Waals surface area contributed by atoms with Crippen LogP contribution in [0.25, 0.3) is 16.8 Å². The molecule has 22 heavy (non-hydrogen) atoms. The molecule has 0 amide bonds. The van der Waals surface area contributed by atoms with Gasteiger partial charge >= 0.3 is 0 Å². The quantitative estimate of drug-likeness (QED) is 0.783. The Balaban J connectivity index is 1.89. The van der Waals surface area contributed by atoms with Gasteiger partial charge in [0.25, 0.3) is 0 Å². The van der Waals surface area contributed by atoms with Crippen LogP contribution in [-0.2, 0) is 7.05 Å². The zero-order chi connectivity index (χ0) is 15.1. The minimum atomic E-state index is -0.307. The minimum Gasteiger partial charge on any atom is -0.317 e. The van der Waals surface area contributed by atoms with Crippen LogP contribution in [0.3, 0.4) is 0 Å². The SMILES string of the molecule is Cn1cc(-c2cn3ncc(F)c3c(C3CCNCC3)n2)cn1. The first kappa shape index (κ1) is 13.4. The largest absolute Gasteiger partial charge is 0.317 e. The van der Waals surface area contributed by atoms with Crippen LogP contribution in [-0.4, -0.2) is 37.5 Å². The fraction of sp³-hybridized carbons (Fsp3) is 0.400. The van der Waals surface area contributed by atoms with Crippen LogP contribution in [0.5, 0.6) is 0 Å². The number of hydrogen-bond donors (Lipinski definition) is 1. The van der Waals surface area contributed by atoms with Gasteiger partial charge in [-0.05, 0) is 25.9 Å². The Morgan fingerprint density at radius 3 is 2.73 bits per heavy atom. The summed E-state index contributed by atoms with van der Waals surface area (Å²) in [6, 6.07) is 0. The van der Waals surface area contributed by atoms with E-state index in [1.54, 1.807) is 21.6 Å². The molecular formula is C15H17FN6. The van der Waals surface area contributed by atoms with Crippen molar-refractivity contribution < 1.29 is 4.39 Å². The molecule has 1 aliphatic heterocycles. The van der Waals surface area contributed by atoms with Gasteiger partial charge in [0.15, 0.2) is 5.82 Å². The Labute approximate surface area is 127 Å².